The number of halogens is 3. The van der Waals surface area contributed by atoms with E-state index in [0.717, 1.165) is 0 Å². The first-order valence-electron chi connectivity index (χ1n) is 4.58. The van der Waals surface area contributed by atoms with Gasteiger partial charge in [-0.1, -0.05) is 13.8 Å². The topological polar surface area (TPSA) is 54.7 Å². The Morgan fingerprint density at radius 3 is 2.40 bits per heavy atom. The second-order valence-electron chi connectivity index (χ2n) is 4.69. The monoisotopic (exact) mass is 219 g/mol. The molecule has 1 heterocycles. The first-order valence-corrected chi connectivity index (χ1v) is 4.58. The van der Waals surface area contributed by atoms with E-state index in [2.05, 4.69) is 5.10 Å². The highest BCUT2D eigenvalue weighted by Crippen LogP contribution is 2.61. The van der Waals surface area contributed by atoms with Gasteiger partial charge in [0, 0.05) is 5.56 Å². The van der Waals surface area contributed by atoms with Crippen LogP contribution in [0.25, 0.3) is 0 Å². The largest absolute Gasteiger partial charge is 0.433 e. The van der Waals surface area contributed by atoms with Crippen molar-refractivity contribution in [1.82, 2.24) is 10.2 Å². The van der Waals surface area contributed by atoms with Gasteiger partial charge in [0.2, 0.25) is 0 Å². The first kappa shape index (κ1) is 10.5. The van der Waals surface area contributed by atoms with Gasteiger partial charge in [-0.2, -0.15) is 18.3 Å². The summed E-state index contributed by atoms with van der Waals surface area (Å²) in [7, 11) is 0. The zero-order chi connectivity index (χ0) is 11.5. The molecule has 1 aromatic heterocycles. The summed E-state index contributed by atoms with van der Waals surface area (Å²) in [5.74, 6) is 0. The van der Waals surface area contributed by atoms with Crippen molar-refractivity contribution >= 4 is 0 Å². The minimum Gasteiger partial charge on any atom is -0.321 e. The zero-order valence-electron chi connectivity index (χ0n) is 8.44. The molecule has 0 aromatic carbocycles. The second kappa shape index (κ2) is 2.55. The Kier molecular flexibility index (Phi) is 1.78. The van der Waals surface area contributed by atoms with Gasteiger partial charge in [-0.25, -0.2) is 0 Å². The molecule has 0 spiro atoms. The number of nitrogens with two attached hydrogens (primary N) is 1. The molecule has 0 radical (unpaired) electrons. The molecule has 84 valence electrons. The van der Waals surface area contributed by atoms with E-state index >= 15 is 0 Å². The molecule has 3 nitrogen and oxygen atoms in total. The van der Waals surface area contributed by atoms with E-state index in [1.807, 2.05) is 18.9 Å². The number of nitrogens with one attached hydrogen (secondary N) is 1. The van der Waals surface area contributed by atoms with Crippen LogP contribution in [0.1, 0.15) is 31.5 Å². The van der Waals surface area contributed by atoms with Crippen LogP contribution in [0.2, 0.25) is 0 Å². The van der Waals surface area contributed by atoms with Gasteiger partial charge in [0.25, 0.3) is 0 Å². The molecule has 15 heavy (non-hydrogen) atoms. The van der Waals surface area contributed by atoms with E-state index in [-0.39, 0.29) is 11.0 Å². The third kappa shape index (κ3) is 1.35. The van der Waals surface area contributed by atoms with Gasteiger partial charge >= 0.3 is 6.18 Å². The second-order valence-corrected chi connectivity index (χ2v) is 4.69. The molecular formula is C9H12F3N3. The molecule has 1 aliphatic rings. The quantitative estimate of drug-likeness (QED) is 0.759. The standard InChI is InChI=1S/C9H12F3N3/c1-7(2)4-8(7,13)5-3-14-15-6(5)9(10,11)12/h3H,4,13H2,1-2H3,(H,14,15). The van der Waals surface area contributed by atoms with E-state index in [9.17, 15) is 13.2 Å². The molecule has 1 unspecified atom stereocenters. The van der Waals surface area contributed by atoms with Crippen LogP contribution in [-0.4, -0.2) is 10.2 Å². The van der Waals surface area contributed by atoms with Crippen molar-refractivity contribution in [1.29, 1.82) is 0 Å². The number of rotatable bonds is 1. The summed E-state index contributed by atoms with van der Waals surface area (Å²) < 4.78 is 37.7. The third-order valence-corrected chi connectivity index (χ3v) is 3.21. The lowest BCUT2D eigenvalue weighted by molar-refractivity contribution is -0.142. The van der Waals surface area contributed by atoms with Crippen LogP contribution in [0.3, 0.4) is 0 Å². The average Bonchev–Trinajstić information content (AvgIpc) is 2.51. The lowest BCUT2D eigenvalue weighted by Crippen LogP contribution is -2.28. The molecule has 0 amide bonds. The Labute approximate surface area is 84.8 Å². The average molecular weight is 219 g/mol. The first-order chi connectivity index (χ1) is 6.68. The number of aromatic amines is 1. The normalized spacial score (nSPS) is 29.2. The predicted molar refractivity (Wildman–Crippen MR) is 47.9 cm³/mol. The highest BCUT2D eigenvalue weighted by molar-refractivity contribution is 5.37. The zero-order valence-corrected chi connectivity index (χ0v) is 8.44. The lowest BCUT2D eigenvalue weighted by atomic mass is 9.97. The molecule has 1 aliphatic carbocycles. The molecule has 3 N–H and O–H groups in total. The minimum atomic E-state index is -4.42. The number of H-pyrrole nitrogens is 1. The van der Waals surface area contributed by atoms with Crippen molar-refractivity contribution in [3.63, 3.8) is 0 Å². The number of hydrogen-bond acceptors (Lipinski definition) is 2. The van der Waals surface area contributed by atoms with Crippen LogP contribution in [0.5, 0.6) is 0 Å². The number of hydrogen-bond donors (Lipinski definition) is 2. The lowest BCUT2D eigenvalue weighted by Gasteiger charge is -2.16. The summed E-state index contributed by atoms with van der Waals surface area (Å²) in [5, 5.41) is 5.41. The van der Waals surface area contributed by atoms with Crippen LogP contribution in [-0.2, 0) is 11.7 Å². The number of alkyl halides is 3. The highest BCUT2D eigenvalue weighted by Gasteiger charge is 2.62. The fourth-order valence-electron chi connectivity index (χ4n) is 1.95. The molecular weight excluding hydrogens is 207 g/mol. The van der Waals surface area contributed by atoms with Gasteiger partial charge in [0.1, 0.15) is 5.69 Å². The summed E-state index contributed by atoms with van der Waals surface area (Å²) >= 11 is 0. The Hall–Kier alpha value is -1.04. The number of nitrogens with zero attached hydrogens (tertiary/aromatic N) is 1. The van der Waals surface area contributed by atoms with Crippen molar-refractivity contribution in [2.75, 3.05) is 0 Å². The maximum absolute atomic E-state index is 12.6. The minimum absolute atomic E-state index is 0.0694. The summed E-state index contributed by atoms with van der Waals surface area (Å²) in [6, 6.07) is 0. The highest BCUT2D eigenvalue weighted by atomic mass is 19.4. The van der Waals surface area contributed by atoms with Crippen LogP contribution >= 0.6 is 0 Å². The maximum Gasteiger partial charge on any atom is 0.433 e. The summed E-state index contributed by atoms with van der Waals surface area (Å²) in [6.45, 7) is 3.69. The SMILES string of the molecule is CC1(C)CC1(N)c1cn[nH]c1C(F)(F)F. The molecule has 0 saturated heterocycles. The van der Waals surface area contributed by atoms with Crippen LogP contribution < -0.4 is 5.73 Å². The van der Waals surface area contributed by atoms with E-state index in [4.69, 9.17) is 5.73 Å². The van der Waals surface area contributed by atoms with Crippen LogP contribution in [0.4, 0.5) is 13.2 Å². The summed E-state index contributed by atoms with van der Waals surface area (Å²) in [5.41, 5.74) is 3.98. The van der Waals surface area contributed by atoms with Gasteiger partial charge in [0.05, 0.1) is 11.7 Å². The Morgan fingerprint density at radius 2 is 2.00 bits per heavy atom. The van der Waals surface area contributed by atoms with E-state index < -0.39 is 17.4 Å². The van der Waals surface area contributed by atoms with Crippen molar-refractivity contribution in [2.45, 2.75) is 32.0 Å². The van der Waals surface area contributed by atoms with Gasteiger partial charge in [-0.15, -0.1) is 0 Å². The van der Waals surface area contributed by atoms with E-state index in [0.29, 0.717) is 6.42 Å². The van der Waals surface area contributed by atoms with Crippen molar-refractivity contribution in [3.05, 3.63) is 17.5 Å². The third-order valence-electron chi connectivity index (χ3n) is 3.21. The van der Waals surface area contributed by atoms with Gasteiger partial charge < -0.3 is 5.73 Å². The molecule has 1 fully saturated rings. The van der Waals surface area contributed by atoms with Crippen molar-refractivity contribution < 1.29 is 13.2 Å². The molecule has 6 heteroatoms. The van der Waals surface area contributed by atoms with E-state index in [1.54, 1.807) is 0 Å². The van der Waals surface area contributed by atoms with Crippen LogP contribution in [0, 0.1) is 5.41 Å². The number of aromatic nitrogens is 2. The maximum atomic E-state index is 12.6. The fraction of sp³-hybridized carbons (Fsp3) is 0.667. The Balaban J connectivity index is 2.44. The Morgan fingerprint density at radius 1 is 1.47 bits per heavy atom. The molecule has 1 aromatic rings. The van der Waals surface area contributed by atoms with Gasteiger partial charge in [-0.3, -0.25) is 5.10 Å². The molecule has 0 bridgehead atoms. The molecule has 2 rings (SSSR count). The predicted octanol–water partition coefficient (Wildman–Crippen LogP) is 2.01. The van der Waals surface area contributed by atoms with Gasteiger partial charge in [0.15, 0.2) is 0 Å². The van der Waals surface area contributed by atoms with E-state index in [1.165, 1.54) is 6.20 Å². The summed E-state index contributed by atoms with van der Waals surface area (Å²) in [4.78, 5) is 0. The molecule has 1 atom stereocenters. The Bertz CT molecular complexity index is 394. The van der Waals surface area contributed by atoms with Crippen molar-refractivity contribution in [3.8, 4) is 0 Å². The smallest absolute Gasteiger partial charge is 0.321 e. The molecule has 1 saturated carbocycles. The summed E-state index contributed by atoms with van der Waals surface area (Å²) in [6.07, 6.45) is -2.70. The molecule has 0 aliphatic heterocycles. The van der Waals surface area contributed by atoms with Crippen molar-refractivity contribution in [2.24, 2.45) is 11.1 Å². The van der Waals surface area contributed by atoms with Gasteiger partial charge in [-0.05, 0) is 11.8 Å². The van der Waals surface area contributed by atoms with Crippen LogP contribution in [0.15, 0.2) is 6.20 Å². The fourth-order valence-corrected chi connectivity index (χ4v) is 1.95.